The summed E-state index contributed by atoms with van der Waals surface area (Å²) in [6.45, 7) is 10.9. The van der Waals surface area contributed by atoms with Crippen molar-refractivity contribution in [3.8, 4) is 5.75 Å². The van der Waals surface area contributed by atoms with Crippen LogP contribution in [0.1, 0.15) is 42.3 Å². The summed E-state index contributed by atoms with van der Waals surface area (Å²) in [5.74, 6) is 1.03. The molecule has 43 heavy (non-hydrogen) atoms. The van der Waals surface area contributed by atoms with Crippen LogP contribution in [0.4, 0.5) is 26.7 Å². The van der Waals surface area contributed by atoms with Crippen molar-refractivity contribution in [1.29, 1.82) is 0 Å². The summed E-state index contributed by atoms with van der Waals surface area (Å²) in [5.41, 5.74) is 3.10. The zero-order chi connectivity index (χ0) is 31.4. The predicted molar refractivity (Wildman–Crippen MR) is 158 cm³/mol. The molecule has 14 heteroatoms. The maximum Gasteiger partial charge on any atom is 0.323 e. The minimum absolute atomic E-state index is 0.0114. The van der Waals surface area contributed by atoms with Gasteiger partial charge in [0.1, 0.15) is 34.6 Å². The molecule has 0 saturated carbocycles. The molecular weight excluding hydrogens is 558 g/mol. The Morgan fingerprint density at radius 1 is 1.07 bits per heavy atom. The lowest BCUT2D eigenvalue weighted by atomic mass is 10.0. The highest BCUT2D eigenvalue weighted by atomic mass is 16.5. The molecule has 3 atom stereocenters. The van der Waals surface area contributed by atoms with Crippen LogP contribution < -0.4 is 20.7 Å². The van der Waals surface area contributed by atoms with E-state index in [0.29, 0.717) is 57.8 Å². The van der Waals surface area contributed by atoms with Gasteiger partial charge in [-0.1, -0.05) is 17.2 Å². The van der Waals surface area contributed by atoms with Gasteiger partial charge in [-0.15, -0.1) is 0 Å². The van der Waals surface area contributed by atoms with E-state index in [0.717, 1.165) is 0 Å². The number of nitrogens with one attached hydrogen (secondary N) is 3. The second kappa shape index (κ2) is 13.2. The van der Waals surface area contributed by atoms with Gasteiger partial charge in [0, 0.05) is 30.8 Å². The highest BCUT2D eigenvalue weighted by Gasteiger charge is 2.32. The lowest BCUT2D eigenvalue weighted by molar-refractivity contribution is -0.134. The van der Waals surface area contributed by atoms with Crippen LogP contribution in [-0.4, -0.2) is 82.1 Å². The number of aryl methyl sites for hydroxylation is 4. The van der Waals surface area contributed by atoms with E-state index in [1.165, 1.54) is 4.90 Å². The van der Waals surface area contributed by atoms with Crippen molar-refractivity contribution in [2.75, 3.05) is 42.7 Å². The van der Waals surface area contributed by atoms with E-state index in [1.54, 1.807) is 64.8 Å². The van der Waals surface area contributed by atoms with Crippen molar-refractivity contribution in [3.05, 3.63) is 46.7 Å². The van der Waals surface area contributed by atoms with Gasteiger partial charge in [0.2, 0.25) is 5.91 Å². The maximum absolute atomic E-state index is 13.5. The molecule has 5 amide bonds. The largest absolute Gasteiger partial charge is 0.488 e. The molecule has 0 aliphatic carbocycles. The average Bonchev–Trinajstić information content (AvgIpc) is 3.46. The van der Waals surface area contributed by atoms with Crippen molar-refractivity contribution in [3.63, 3.8) is 0 Å². The van der Waals surface area contributed by atoms with Gasteiger partial charge >= 0.3 is 12.1 Å². The fraction of sp³-hybridized carbons (Fsp3) is 0.483. The molecule has 1 aliphatic heterocycles. The van der Waals surface area contributed by atoms with Crippen molar-refractivity contribution in [2.45, 2.75) is 60.1 Å². The Morgan fingerprint density at radius 3 is 2.28 bits per heavy atom. The first-order valence-corrected chi connectivity index (χ1v) is 14.0. The minimum Gasteiger partial charge on any atom is -0.488 e. The fourth-order valence-corrected chi connectivity index (χ4v) is 4.88. The van der Waals surface area contributed by atoms with E-state index in [4.69, 9.17) is 13.8 Å². The number of aliphatic hydroxyl groups excluding tert-OH is 1. The second-order valence-corrected chi connectivity index (χ2v) is 11.0. The number of hydrogen-bond donors (Lipinski definition) is 4. The normalized spacial score (nSPS) is 17.6. The Morgan fingerprint density at radius 2 is 1.70 bits per heavy atom. The molecule has 1 aromatic carbocycles. The van der Waals surface area contributed by atoms with Crippen molar-refractivity contribution in [1.82, 2.24) is 20.1 Å². The number of nitrogens with zero attached hydrogens (tertiary/aromatic N) is 4. The number of fused-ring (bicyclic) bond motifs is 1. The van der Waals surface area contributed by atoms with Gasteiger partial charge in [0.15, 0.2) is 11.5 Å². The Bertz CT molecular complexity index is 1440. The zero-order valence-electron chi connectivity index (χ0n) is 25.5. The van der Waals surface area contributed by atoms with Gasteiger partial charge in [-0.2, -0.15) is 0 Å². The smallest absolute Gasteiger partial charge is 0.323 e. The number of aliphatic hydroxyl groups is 1. The second-order valence-electron chi connectivity index (χ2n) is 11.0. The van der Waals surface area contributed by atoms with Crippen molar-refractivity contribution >= 4 is 35.0 Å². The Kier molecular flexibility index (Phi) is 9.59. The molecule has 0 unspecified atom stereocenters. The van der Waals surface area contributed by atoms with Gasteiger partial charge in [-0.3, -0.25) is 4.79 Å². The van der Waals surface area contributed by atoms with E-state index in [2.05, 4.69) is 26.3 Å². The molecule has 0 fully saturated rings. The Balaban J connectivity index is 1.57. The van der Waals surface area contributed by atoms with E-state index < -0.39 is 18.2 Å². The highest BCUT2D eigenvalue weighted by molar-refractivity contribution is 6.00. The number of anilines is 3. The molecule has 14 nitrogen and oxygen atoms in total. The van der Waals surface area contributed by atoms with Crippen LogP contribution in [0, 0.1) is 33.6 Å². The standard InChI is InChI=1S/C29H39N7O7/c1-15-12-36(16(2)14-37)25(38)11-21-10-22(30-28(39)31-26-17(3)33-42-19(26)5)8-9-23(21)41-24(15)13-35(7)29(40)32-27-18(4)34-43-20(27)6/h8-10,15-16,24,37H,11-14H2,1-7H3,(H,32,40)(H2,30,31,39)/t15-,16-,24-/m1/s1. The topological polar surface area (TPSA) is 175 Å². The summed E-state index contributed by atoms with van der Waals surface area (Å²) in [7, 11) is 1.65. The van der Waals surface area contributed by atoms with E-state index in [-0.39, 0.29) is 37.4 Å². The third-order valence-corrected chi connectivity index (χ3v) is 7.51. The van der Waals surface area contributed by atoms with Crippen LogP contribution in [0.5, 0.6) is 5.75 Å². The summed E-state index contributed by atoms with van der Waals surface area (Å²) in [6, 6.07) is 3.76. The molecule has 0 saturated heterocycles. The predicted octanol–water partition coefficient (Wildman–Crippen LogP) is 3.85. The van der Waals surface area contributed by atoms with Crippen LogP contribution >= 0.6 is 0 Å². The van der Waals surface area contributed by atoms with Crippen LogP contribution in [0.25, 0.3) is 0 Å². The number of carbonyl (C=O) groups excluding carboxylic acids is 3. The number of hydrogen-bond acceptors (Lipinski definition) is 9. The number of likely N-dealkylation sites (N-methyl/N-ethyl adjacent to an activating group) is 1. The molecule has 0 spiro atoms. The minimum atomic E-state index is -0.514. The van der Waals surface area contributed by atoms with Crippen LogP contribution in [-0.2, 0) is 11.2 Å². The van der Waals surface area contributed by atoms with E-state index in [1.807, 2.05) is 6.92 Å². The highest BCUT2D eigenvalue weighted by Crippen LogP contribution is 2.30. The molecule has 4 rings (SSSR count). The van der Waals surface area contributed by atoms with Gasteiger partial charge < -0.3 is 44.6 Å². The molecule has 3 aromatic rings. The van der Waals surface area contributed by atoms with Gasteiger partial charge in [-0.25, -0.2) is 9.59 Å². The number of carbonyl (C=O) groups is 3. The number of benzene rings is 1. The number of rotatable bonds is 7. The molecule has 0 radical (unpaired) electrons. The number of urea groups is 2. The first kappa shape index (κ1) is 31.3. The summed E-state index contributed by atoms with van der Waals surface area (Å²) in [4.78, 5) is 42.4. The summed E-state index contributed by atoms with van der Waals surface area (Å²) < 4.78 is 16.7. The van der Waals surface area contributed by atoms with Crippen LogP contribution in [0.2, 0.25) is 0 Å². The molecule has 3 heterocycles. The monoisotopic (exact) mass is 597 g/mol. The third-order valence-electron chi connectivity index (χ3n) is 7.51. The third kappa shape index (κ3) is 7.25. The van der Waals surface area contributed by atoms with E-state index >= 15 is 0 Å². The molecular formula is C29H39N7O7. The van der Waals surface area contributed by atoms with Gasteiger partial charge in [0.25, 0.3) is 0 Å². The van der Waals surface area contributed by atoms with Crippen LogP contribution in [0.15, 0.2) is 27.2 Å². The van der Waals surface area contributed by atoms with Gasteiger partial charge in [0.05, 0.1) is 25.6 Å². The number of amides is 5. The molecule has 0 bridgehead atoms. The quantitative estimate of drug-likeness (QED) is 0.315. The van der Waals surface area contributed by atoms with E-state index in [9.17, 15) is 19.5 Å². The lowest BCUT2D eigenvalue weighted by Gasteiger charge is -2.34. The lowest BCUT2D eigenvalue weighted by Crippen LogP contribution is -2.48. The number of ether oxygens (including phenoxy) is 1. The van der Waals surface area contributed by atoms with Crippen molar-refractivity contribution < 1.29 is 33.3 Å². The Labute approximate surface area is 249 Å². The first-order chi connectivity index (χ1) is 20.4. The van der Waals surface area contributed by atoms with Crippen molar-refractivity contribution in [2.24, 2.45) is 5.92 Å². The maximum atomic E-state index is 13.5. The summed E-state index contributed by atoms with van der Waals surface area (Å²) >= 11 is 0. The SMILES string of the molecule is Cc1noc(C)c1NC(=O)Nc1ccc2c(c1)CC(=O)N([C@H](C)CO)C[C@@H](C)[C@@H](CN(C)C(=O)Nc1c(C)noc1C)O2. The first-order valence-electron chi connectivity index (χ1n) is 14.0. The fourth-order valence-electron chi connectivity index (χ4n) is 4.88. The summed E-state index contributed by atoms with van der Waals surface area (Å²) in [5, 5.41) is 26.0. The van der Waals surface area contributed by atoms with Gasteiger partial charge in [-0.05, 0) is 52.8 Å². The zero-order valence-corrected chi connectivity index (χ0v) is 25.5. The Hall–Kier alpha value is -4.59. The number of aromatic nitrogens is 2. The molecule has 232 valence electrons. The molecule has 2 aromatic heterocycles. The van der Waals surface area contributed by atoms with Crippen LogP contribution in [0.3, 0.4) is 0 Å². The molecule has 1 aliphatic rings. The average molecular weight is 598 g/mol. The molecule has 4 N–H and O–H groups in total. The summed E-state index contributed by atoms with van der Waals surface area (Å²) in [6.07, 6.45) is -0.525.